The van der Waals surface area contributed by atoms with Gasteiger partial charge in [0, 0.05) is 51.9 Å². The van der Waals surface area contributed by atoms with E-state index in [0.717, 1.165) is 70.5 Å². The molecule has 1 aliphatic carbocycles. The number of urea groups is 1. The second-order valence-electron chi connectivity index (χ2n) is 8.77. The summed E-state index contributed by atoms with van der Waals surface area (Å²) in [5.41, 5.74) is 2.43. The number of amides is 3. The summed E-state index contributed by atoms with van der Waals surface area (Å²) < 4.78 is 0. The molecule has 2 aliphatic heterocycles. The molecule has 1 saturated carbocycles. The zero-order valence-corrected chi connectivity index (χ0v) is 18.1. The molecule has 4 rings (SSSR count). The van der Waals surface area contributed by atoms with Crippen LogP contribution < -0.4 is 10.6 Å². The molecule has 3 fully saturated rings. The Bertz CT molecular complexity index is 743. The van der Waals surface area contributed by atoms with Gasteiger partial charge in [0.25, 0.3) is 0 Å². The molecular formula is C23H35N5O2. The van der Waals surface area contributed by atoms with E-state index in [-0.39, 0.29) is 18.0 Å². The first-order chi connectivity index (χ1) is 14.6. The Balaban J connectivity index is 1.31. The Kier molecular flexibility index (Phi) is 6.89. The van der Waals surface area contributed by atoms with E-state index in [9.17, 15) is 9.59 Å². The number of nitrogens with one attached hydrogen (secondary N) is 2. The van der Waals surface area contributed by atoms with Crippen molar-refractivity contribution in [3.05, 3.63) is 35.4 Å². The van der Waals surface area contributed by atoms with Crippen LogP contribution in [0.3, 0.4) is 0 Å². The predicted molar refractivity (Wildman–Crippen MR) is 117 cm³/mol. The van der Waals surface area contributed by atoms with E-state index in [1.165, 1.54) is 5.56 Å². The highest BCUT2D eigenvalue weighted by Gasteiger charge is 2.36. The highest BCUT2D eigenvalue weighted by atomic mass is 16.2. The van der Waals surface area contributed by atoms with Crippen molar-refractivity contribution >= 4 is 11.9 Å². The van der Waals surface area contributed by atoms with Gasteiger partial charge in [0.15, 0.2) is 0 Å². The molecule has 3 amide bonds. The Morgan fingerprint density at radius 1 is 0.967 bits per heavy atom. The fourth-order valence-corrected chi connectivity index (χ4v) is 4.47. The number of likely N-dealkylation sites (N-methyl/N-ethyl adjacent to an activating group) is 1. The summed E-state index contributed by atoms with van der Waals surface area (Å²) in [6, 6.07) is 8.23. The van der Waals surface area contributed by atoms with Gasteiger partial charge >= 0.3 is 6.03 Å². The van der Waals surface area contributed by atoms with Gasteiger partial charge < -0.3 is 20.4 Å². The minimum Gasteiger partial charge on any atom is -0.352 e. The maximum Gasteiger partial charge on any atom is 0.318 e. The van der Waals surface area contributed by atoms with Crippen LogP contribution in [-0.4, -0.2) is 78.0 Å². The van der Waals surface area contributed by atoms with Gasteiger partial charge in [-0.2, -0.15) is 0 Å². The summed E-state index contributed by atoms with van der Waals surface area (Å²) in [7, 11) is 0. The van der Waals surface area contributed by atoms with Crippen molar-refractivity contribution in [1.29, 1.82) is 0 Å². The Hall–Kier alpha value is -2.12. The van der Waals surface area contributed by atoms with Crippen LogP contribution in [0.25, 0.3) is 0 Å². The lowest BCUT2D eigenvalue weighted by atomic mass is 10.1. The smallest absolute Gasteiger partial charge is 0.318 e. The molecule has 1 aromatic rings. The second-order valence-corrected chi connectivity index (χ2v) is 8.77. The van der Waals surface area contributed by atoms with Crippen LogP contribution in [0.5, 0.6) is 0 Å². The zero-order chi connectivity index (χ0) is 20.9. The van der Waals surface area contributed by atoms with Gasteiger partial charge in [-0.1, -0.05) is 31.2 Å². The molecular weight excluding hydrogens is 378 g/mol. The van der Waals surface area contributed by atoms with E-state index in [2.05, 4.69) is 45.6 Å². The molecule has 0 radical (unpaired) electrons. The summed E-state index contributed by atoms with van der Waals surface area (Å²) in [4.78, 5) is 32.0. The third-order valence-electron chi connectivity index (χ3n) is 6.59. The minimum atomic E-state index is -0.323. The van der Waals surface area contributed by atoms with Crippen molar-refractivity contribution in [3.8, 4) is 0 Å². The van der Waals surface area contributed by atoms with Crippen LogP contribution in [0, 0.1) is 0 Å². The van der Waals surface area contributed by atoms with E-state index in [1.54, 1.807) is 4.90 Å². The molecule has 164 valence electrons. The van der Waals surface area contributed by atoms with E-state index >= 15 is 0 Å². The van der Waals surface area contributed by atoms with Gasteiger partial charge in [0.2, 0.25) is 5.91 Å². The molecule has 0 spiro atoms. The molecule has 2 heterocycles. The van der Waals surface area contributed by atoms with Crippen LogP contribution in [-0.2, 0) is 17.9 Å². The van der Waals surface area contributed by atoms with E-state index in [4.69, 9.17) is 0 Å². The summed E-state index contributed by atoms with van der Waals surface area (Å²) in [6.45, 7) is 9.80. The van der Waals surface area contributed by atoms with Crippen LogP contribution >= 0.6 is 0 Å². The molecule has 7 nitrogen and oxygen atoms in total. The largest absolute Gasteiger partial charge is 0.352 e. The second kappa shape index (κ2) is 9.79. The number of carbonyl (C=O) groups excluding carboxylic acids is 2. The van der Waals surface area contributed by atoms with Crippen molar-refractivity contribution in [1.82, 2.24) is 25.3 Å². The SMILES string of the molecule is CCN1CCN(Cc2ccccc2CNC(=O)N2CCCC2C(=O)NC2CC2)CC1. The van der Waals surface area contributed by atoms with E-state index in [0.29, 0.717) is 19.1 Å². The number of hydrogen-bond donors (Lipinski definition) is 2. The fraction of sp³-hybridized carbons (Fsp3) is 0.652. The lowest BCUT2D eigenvalue weighted by Gasteiger charge is -2.34. The maximum atomic E-state index is 12.8. The number of rotatable bonds is 7. The summed E-state index contributed by atoms with van der Waals surface area (Å²) >= 11 is 0. The Morgan fingerprint density at radius 3 is 2.37 bits per heavy atom. The zero-order valence-electron chi connectivity index (χ0n) is 18.1. The third kappa shape index (κ3) is 5.32. The van der Waals surface area contributed by atoms with E-state index in [1.807, 2.05) is 6.07 Å². The first-order valence-electron chi connectivity index (χ1n) is 11.5. The van der Waals surface area contributed by atoms with Gasteiger partial charge in [0.05, 0.1) is 0 Å². The topological polar surface area (TPSA) is 67.9 Å². The van der Waals surface area contributed by atoms with Gasteiger partial charge in [-0.05, 0) is 43.4 Å². The number of benzene rings is 1. The lowest BCUT2D eigenvalue weighted by molar-refractivity contribution is -0.124. The molecule has 30 heavy (non-hydrogen) atoms. The van der Waals surface area contributed by atoms with Crippen molar-refractivity contribution < 1.29 is 9.59 Å². The molecule has 0 aromatic heterocycles. The minimum absolute atomic E-state index is 0.0109. The third-order valence-corrected chi connectivity index (χ3v) is 6.59. The van der Waals surface area contributed by atoms with Crippen molar-refractivity contribution in [2.75, 3.05) is 39.3 Å². The van der Waals surface area contributed by atoms with Crippen LogP contribution in [0.15, 0.2) is 24.3 Å². The molecule has 1 atom stereocenters. The maximum absolute atomic E-state index is 12.8. The monoisotopic (exact) mass is 413 g/mol. The average Bonchev–Trinajstić information content (AvgIpc) is 3.44. The first kappa shape index (κ1) is 21.1. The predicted octanol–water partition coefficient (Wildman–Crippen LogP) is 1.78. The summed E-state index contributed by atoms with van der Waals surface area (Å²) in [6.07, 6.45) is 3.77. The quantitative estimate of drug-likeness (QED) is 0.715. The number of piperazine rings is 1. The van der Waals surface area contributed by atoms with Crippen molar-refractivity contribution in [2.45, 2.75) is 57.8 Å². The Labute approximate surface area is 179 Å². The highest BCUT2D eigenvalue weighted by molar-refractivity contribution is 5.88. The van der Waals surface area contributed by atoms with Gasteiger partial charge in [-0.25, -0.2) is 4.79 Å². The van der Waals surface area contributed by atoms with Crippen LogP contribution in [0.2, 0.25) is 0 Å². The fourth-order valence-electron chi connectivity index (χ4n) is 4.47. The van der Waals surface area contributed by atoms with Crippen LogP contribution in [0.1, 0.15) is 43.7 Å². The molecule has 2 saturated heterocycles. The van der Waals surface area contributed by atoms with Gasteiger partial charge in [0.1, 0.15) is 6.04 Å². The normalized spacial score (nSPS) is 22.8. The van der Waals surface area contributed by atoms with Crippen LogP contribution in [0.4, 0.5) is 4.79 Å². The lowest BCUT2D eigenvalue weighted by Crippen LogP contribution is -2.49. The molecule has 1 unspecified atom stereocenters. The number of nitrogens with zero attached hydrogens (tertiary/aromatic N) is 3. The van der Waals surface area contributed by atoms with Gasteiger partial charge in [-0.15, -0.1) is 0 Å². The summed E-state index contributed by atoms with van der Waals surface area (Å²) in [5.74, 6) is 0.0109. The molecule has 1 aromatic carbocycles. The summed E-state index contributed by atoms with van der Waals surface area (Å²) in [5, 5.41) is 6.12. The molecule has 0 bridgehead atoms. The average molecular weight is 414 g/mol. The van der Waals surface area contributed by atoms with Crippen molar-refractivity contribution in [3.63, 3.8) is 0 Å². The molecule has 2 N–H and O–H groups in total. The Morgan fingerprint density at radius 2 is 1.67 bits per heavy atom. The highest BCUT2D eigenvalue weighted by Crippen LogP contribution is 2.22. The number of hydrogen-bond acceptors (Lipinski definition) is 4. The van der Waals surface area contributed by atoms with E-state index < -0.39 is 0 Å². The number of likely N-dealkylation sites (tertiary alicyclic amines) is 1. The molecule has 3 aliphatic rings. The van der Waals surface area contributed by atoms with Gasteiger partial charge in [-0.3, -0.25) is 9.69 Å². The number of carbonyl (C=O) groups is 2. The first-order valence-corrected chi connectivity index (χ1v) is 11.5. The van der Waals surface area contributed by atoms with Crippen molar-refractivity contribution in [2.24, 2.45) is 0 Å². The standard InChI is InChI=1S/C23H35N5O2/c1-2-26-12-14-27(15-13-26)17-19-7-4-3-6-18(19)16-24-23(30)28-11-5-8-21(28)22(29)25-20-9-10-20/h3-4,6-7,20-21H,2,5,8-17H2,1H3,(H,24,30)(H,25,29). The molecule has 7 heteroatoms.